The molecule has 25 heavy (non-hydrogen) atoms. The van der Waals surface area contributed by atoms with Gasteiger partial charge in [-0.05, 0) is 23.8 Å². The third kappa shape index (κ3) is 3.27. The quantitative estimate of drug-likeness (QED) is 0.697. The van der Waals surface area contributed by atoms with Gasteiger partial charge in [0.2, 0.25) is 0 Å². The third-order valence-electron chi connectivity index (χ3n) is 3.60. The van der Waals surface area contributed by atoms with Crippen LogP contribution in [0, 0.1) is 0 Å². The van der Waals surface area contributed by atoms with E-state index in [4.69, 9.17) is 14.6 Å². The van der Waals surface area contributed by atoms with Gasteiger partial charge in [0, 0.05) is 15.6 Å². The number of thiophene rings is 1. The summed E-state index contributed by atoms with van der Waals surface area (Å²) in [5, 5.41) is 18.7. The number of benzene rings is 2. The summed E-state index contributed by atoms with van der Waals surface area (Å²) in [5.74, 6) is -1.53. The first-order valence-electron chi connectivity index (χ1n) is 7.29. The maximum Gasteiger partial charge on any atom is 0.349 e. The van der Waals surface area contributed by atoms with Crippen LogP contribution in [0.25, 0.3) is 21.2 Å². The molecule has 3 aromatic rings. The predicted molar refractivity (Wildman–Crippen MR) is 93.9 cm³/mol. The van der Waals surface area contributed by atoms with Crippen molar-refractivity contribution in [1.29, 1.82) is 0 Å². The lowest BCUT2D eigenvalue weighted by atomic mass is 10.0. The molecule has 1 aromatic heterocycles. The fourth-order valence-corrected chi connectivity index (χ4v) is 3.57. The molecule has 1 heterocycles. The summed E-state index contributed by atoms with van der Waals surface area (Å²) in [6.45, 7) is -0.597. The van der Waals surface area contributed by atoms with Crippen molar-refractivity contribution in [2.24, 2.45) is 0 Å². The molecule has 0 aliphatic carbocycles. The average Bonchev–Trinajstić information content (AvgIpc) is 2.97. The number of hydrogen-bond acceptors (Lipinski definition) is 5. The zero-order valence-corrected chi connectivity index (χ0v) is 14.0. The van der Waals surface area contributed by atoms with E-state index < -0.39 is 18.5 Å². The van der Waals surface area contributed by atoms with E-state index in [1.54, 1.807) is 13.2 Å². The Morgan fingerprint density at radius 1 is 1.12 bits per heavy atom. The molecular formula is C18H14O6S. The molecule has 0 radical (unpaired) electrons. The Morgan fingerprint density at radius 2 is 1.88 bits per heavy atom. The van der Waals surface area contributed by atoms with Crippen LogP contribution in [0.1, 0.15) is 9.67 Å². The van der Waals surface area contributed by atoms with Gasteiger partial charge in [-0.15, -0.1) is 11.3 Å². The van der Waals surface area contributed by atoms with Crippen LogP contribution < -0.4 is 9.47 Å². The van der Waals surface area contributed by atoms with Crippen LogP contribution in [0.3, 0.4) is 0 Å². The Morgan fingerprint density at radius 3 is 2.56 bits per heavy atom. The Bertz CT molecular complexity index is 959. The first-order chi connectivity index (χ1) is 12.0. The van der Waals surface area contributed by atoms with Gasteiger partial charge in [-0.1, -0.05) is 24.3 Å². The summed E-state index contributed by atoms with van der Waals surface area (Å²) < 4.78 is 11.3. The molecule has 2 aromatic carbocycles. The zero-order valence-electron chi connectivity index (χ0n) is 13.2. The molecule has 3 rings (SSSR count). The minimum absolute atomic E-state index is 0.0200. The lowest BCUT2D eigenvalue weighted by molar-refractivity contribution is -0.139. The van der Waals surface area contributed by atoms with Crippen molar-refractivity contribution in [3.05, 3.63) is 47.3 Å². The monoisotopic (exact) mass is 358 g/mol. The van der Waals surface area contributed by atoms with E-state index in [1.165, 1.54) is 0 Å². The molecule has 0 saturated carbocycles. The molecule has 128 valence electrons. The Balaban J connectivity index is 2.12. The van der Waals surface area contributed by atoms with Crippen molar-refractivity contribution in [1.82, 2.24) is 0 Å². The minimum Gasteiger partial charge on any atom is -0.496 e. The molecule has 0 fully saturated rings. The van der Waals surface area contributed by atoms with E-state index in [0.29, 0.717) is 15.8 Å². The van der Waals surface area contributed by atoms with E-state index in [2.05, 4.69) is 0 Å². The number of hydrogen-bond donors (Lipinski definition) is 2. The van der Waals surface area contributed by atoms with Crippen molar-refractivity contribution in [3.63, 3.8) is 0 Å². The van der Waals surface area contributed by atoms with Crippen LogP contribution in [0.2, 0.25) is 0 Å². The van der Waals surface area contributed by atoms with Crippen LogP contribution in [0.5, 0.6) is 11.5 Å². The third-order valence-corrected chi connectivity index (χ3v) is 4.72. The second kappa shape index (κ2) is 6.82. The highest BCUT2D eigenvalue weighted by molar-refractivity contribution is 7.21. The summed E-state index contributed by atoms with van der Waals surface area (Å²) >= 11 is 1.05. The molecule has 0 unspecified atom stereocenters. The number of ether oxygens (including phenoxy) is 2. The van der Waals surface area contributed by atoms with Gasteiger partial charge in [-0.25, -0.2) is 9.59 Å². The highest BCUT2D eigenvalue weighted by Crippen LogP contribution is 2.41. The SMILES string of the molecule is COc1ccccc1-c1ccc2c(OCC(=O)O)c(C(=O)O)sc2c1. The number of aliphatic carboxylic acids is 1. The number of rotatable bonds is 6. The van der Waals surface area contributed by atoms with E-state index in [-0.39, 0.29) is 10.6 Å². The van der Waals surface area contributed by atoms with Crippen LogP contribution in [-0.2, 0) is 4.79 Å². The normalized spacial score (nSPS) is 10.6. The van der Waals surface area contributed by atoms with Crippen LogP contribution in [0.4, 0.5) is 0 Å². The fourth-order valence-electron chi connectivity index (χ4n) is 2.54. The molecular weight excluding hydrogens is 344 g/mol. The molecule has 6 nitrogen and oxygen atoms in total. The standard InChI is InChI=1S/C18H14O6S/c1-23-13-5-3-2-4-11(13)10-6-7-12-14(8-10)25-17(18(21)22)16(12)24-9-15(19)20/h2-8H,9H2,1H3,(H,19,20)(H,21,22). The summed E-state index contributed by atoms with van der Waals surface area (Å²) in [4.78, 5) is 22.2. The molecule has 2 N–H and O–H groups in total. The van der Waals surface area contributed by atoms with Crippen LogP contribution in [0.15, 0.2) is 42.5 Å². The second-order valence-corrected chi connectivity index (χ2v) is 6.21. The maximum absolute atomic E-state index is 11.5. The van der Waals surface area contributed by atoms with Gasteiger partial charge in [-0.3, -0.25) is 0 Å². The Labute approximate surface area is 146 Å². The molecule has 0 aliphatic rings. The van der Waals surface area contributed by atoms with Crippen molar-refractivity contribution in [2.45, 2.75) is 0 Å². The van der Waals surface area contributed by atoms with Gasteiger partial charge in [-0.2, -0.15) is 0 Å². The Kier molecular flexibility index (Phi) is 4.58. The van der Waals surface area contributed by atoms with Gasteiger partial charge in [0.05, 0.1) is 7.11 Å². The summed E-state index contributed by atoms with van der Waals surface area (Å²) in [6, 6.07) is 12.9. The van der Waals surface area contributed by atoms with Gasteiger partial charge in [0.15, 0.2) is 17.2 Å². The smallest absolute Gasteiger partial charge is 0.349 e. The number of para-hydroxylation sites is 1. The lowest BCUT2D eigenvalue weighted by Crippen LogP contribution is -2.10. The number of carbonyl (C=O) groups is 2. The highest BCUT2D eigenvalue weighted by atomic mass is 32.1. The topological polar surface area (TPSA) is 93.1 Å². The molecule has 0 amide bonds. The number of fused-ring (bicyclic) bond motifs is 1. The predicted octanol–water partition coefficient (Wildman–Crippen LogP) is 3.74. The fraction of sp³-hybridized carbons (Fsp3) is 0.111. The van der Waals surface area contributed by atoms with E-state index in [9.17, 15) is 14.7 Å². The second-order valence-electron chi connectivity index (χ2n) is 5.16. The number of aromatic carboxylic acids is 1. The molecule has 0 bridgehead atoms. The number of carboxylic acids is 2. The molecule has 0 spiro atoms. The summed E-state index contributed by atoms with van der Waals surface area (Å²) in [7, 11) is 1.59. The first-order valence-corrected chi connectivity index (χ1v) is 8.10. The van der Waals surface area contributed by atoms with Crippen molar-refractivity contribution in [2.75, 3.05) is 13.7 Å². The Hall–Kier alpha value is -3.06. The lowest BCUT2D eigenvalue weighted by Gasteiger charge is -2.08. The summed E-state index contributed by atoms with van der Waals surface area (Å²) in [6.07, 6.45) is 0. The van der Waals surface area contributed by atoms with Gasteiger partial charge < -0.3 is 19.7 Å². The van der Waals surface area contributed by atoms with Gasteiger partial charge >= 0.3 is 11.9 Å². The van der Waals surface area contributed by atoms with E-state index in [0.717, 1.165) is 22.5 Å². The van der Waals surface area contributed by atoms with E-state index in [1.807, 2.05) is 36.4 Å². The maximum atomic E-state index is 11.5. The van der Waals surface area contributed by atoms with Gasteiger partial charge in [0.1, 0.15) is 5.75 Å². The van der Waals surface area contributed by atoms with Crippen molar-refractivity contribution < 1.29 is 29.3 Å². The number of methoxy groups -OCH3 is 1. The van der Waals surface area contributed by atoms with Gasteiger partial charge in [0.25, 0.3) is 0 Å². The minimum atomic E-state index is -1.17. The zero-order chi connectivity index (χ0) is 18.0. The molecule has 7 heteroatoms. The molecule has 0 aliphatic heterocycles. The van der Waals surface area contributed by atoms with Crippen LogP contribution >= 0.6 is 11.3 Å². The molecule has 0 atom stereocenters. The van der Waals surface area contributed by atoms with Crippen molar-refractivity contribution in [3.8, 4) is 22.6 Å². The van der Waals surface area contributed by atoms with E-state index >= 15 is 0 Å². The van der Waals surface area contributed by atoms with Crippen LogP contribution in [-0.4, -0.2) is 35.9 Å². The largest absolute Gasteiger partial charge is 0.496 e. The molecule has 0 saturated heterocycles. The highest BCUT2D eigenvalue weighted by Gasteiger charge is 2.21. The number of carboxylic acid groups (broad SMARTS) is 2. The first kappa shape index (κ1) is 16.8. The summed E-state index contributed by atoms with van der Waals surface area (Å²) in [5.41, 5.74) is 1.75. The van der Waals surface area contributed by atoms with Crippen molar-refractivity contribution >= 4 is 33.4 Å². The average molecular weight is 358 g/mol.